The predicted molar refractivity (Wildman–Crippen MR) is 263 cm³/mol. The molecular formula is C52H57Cl3N6O2. The molecule has 0 amide bonds. The lowest BCUT2D eigenvalue weighted by Crippen LogP contribution is -2.36. The summed E-state index contributed by atoms with van der Waals surface area (Å²) in [6.07, 6.45) is 6.59. The number of fused-ring (bicyclic) bond motifs is 6. The second-order valence-corrected chi connectivity index (χ2v) is 20.4. The molecule has 0 saturated carbocycles. The van der Waals surface area contributed by atoms with Gasteiger partial charge in [0.1, 0.15) is 0 Å². The number of hydrogen-bond donors (Lipinski definition) is 1. The number of ether oxygens (including phenoxy) is 2. The van der Waals surface area contributed by atoms with E-state index in [1.165, 1.54) is 68.2 Å². The molecule has 2 saturated heterocycles. The zero-order valence-electron chi connectivity index (χ0n) is 36.9. The zero-order valence-corrected chi connectivity index (χ0v) is 39.2. The van der Waals surface area contributed by atoms with Crippen LogP contribution >= 0.6 is 34.8 Å². The van der Waals surface area contributed by atoms with E-state index >= 15 is 0 Å². The van der Waals surface area contributed by atoms with Crippen LogP contribution in [0.5, 0.6) is 0 Å². The van der Waals surface area contributed by atoms with Crippen LogP contribution < -0.4 is 20.0 Å². The van der Waals surface area contributed by atoms with Gasteiger partial charge in [0.15, 0.2) is 0 Å². The Kier molecular flexibility index (Phi) is 11.7. The standard InChI is InChI=1S/C26H28ClN3O.C14H20N2O.C12H9Cl2N/c1-26(2)16-30(24-15-18(7-8-21(24)26)29-10-12-31-13-11-29)25-19-4-3-5-22(19)28-23-9-6-17(27)14-20(23)25;1-14(2)10-15-13-9-11(3-4-12(13)14)16-5-7-17-8-6-16;13-7-4-5-11-9(6-7)12(14)8-2-1-3-10(8)15-11/h6-9,14-15H,3-5,10-13,16H2,1-2H3;3-4,9,15H,5-8,10H2,1-2H3;4-6H,1-3H2. The molecule has 328 valence electrons. The van der Waals surface area contributed by atoms with Gasteiger partial charge in [-0.3, -0.25) is 9.97 Å². The Morgan fingerprint density at radius 3 is 1.79 bits per heavy atom. The molecule has 4 aromatic carbocycles. The van der Waals surface area contributed by atoms with E-state index < -0.39 is 0 Å². The van der Waals surface area contributed by atoms with Gasteiger partial charge in [-0.05, 0) is 121 Å². The molecule has 63 heavy (non-hydrogen) atoms. The van der Waals surface area contributed by atoms with E-state index in [2.05, 4.69) is 101 Å². The van der Waals surface area contributed by atoms with Gasteiger partial charge in [0.05, 0.1) is 48.2 Å². The Hall–Kier alpha value is -4.31. The van der Waals surface area contributed by atoms with Gasteiger partial charge in [-0.1, -0.05) is 74.6 Å². The molecule has 6 aliphatic rings. The molecule has 12 rings (SSSR count). The van der Waals surface area contributed by atoms with Gasteiger partial charge in [0.2, 0.25) is 0 Å². The molecule has 0 bridgehead atoms. The van der Waals surface area contributed by atoms with Crippen molar-refractivity contribution in [3.8, 4) is 0 Å². The highest BCUT2D eigenvalue weighted by Crippen LogP contribution is 2.50. The Labute approximate surface area is 386 Å². The van der Waals surface area contributed by atoms with Crippen molar-refractivity contribution in [3.63, 3.8) is 0 Å². The van der Waals surface area contributed by atoms with E-state index in [0.717, 1.165) is 130 Å². The van der Waals surface area contributed by atoms with Crippen LogP contribution in [-0.4, -0.2) is 75.7 Å². The summed E-state index contributed by atoms with van der Waals surface area (Å²) in [4.78, 5) is 17.0. The lowest BCUT2D eigenvalue weighted by Gasteiger charge is -2.30. The Balaban J connectivity index is 0.000000124. The number of aryl methyl sites for hydroxylation is 2. The largest absolute Gasteiger partial charge is 0.384 e. The molecule has 6 heterocycles. The number of rotatable bonds is 3. The fraction of sp³-hybridized carbons (Fsp3) is 0.423. The Morgan fingerprint density at radius 2 is 1.14 bits per heavy atom. The first-order chi connectivity index (χ1) is 30.4. The molecule has 8 nitrogen and oxygen atoms in total. The van der Waals surface area contributed by atoms with Crippen LogP contribution in [0.1, 0.15) is 74.2 Å². The summed E-state index contributed by atoms with van der Waals surface area (Å²) in [6, 6.07) is 25.7. The molecule has 2 aliphatic carbocycles. The summed E-state index contributed by atoms with van der Waals surface area (Å²) in [5, 5.41) is 7.99. The van der Waals surface area contributed by atoms with Crippen molar-refractivity contribution in [2.45, 2.75) is 77.0 Å². The molecule has 2 aromatic heterocycles. The average Bonchev–Trinajstić information content (AvgIpc) is 4.09. The number of anilines is 5. The third kappa shape index (κ3) is 8.31. The second-order valence-electron chi connectivity index (χ2n) is 19.1. The zero-order chi connectivity index (χ0) is 43.5. The van der Waals surface area contributed by atoms with Crippen molar-refractivity contribution < 1.29 is 9.47 Å². The average molecular weight is 904 g/mol. The lowest BCUT2D eigenvalue weighted by molar-refractivity contribution is 0.122. The quantitative estimate of drug-likeness (QED) is 0.188. The number of benzene rings is 4. The highest BCUT2D eigenvalue weighted by molar-refractivity contribution is 6.37. The van der Waals surface area contributed by atoms with Crippen molar-refractivity contribution in [1.29, 1.82) is 0 Å². The number of morpholine rings is 2. The maximum Gasteiger partial charge on any atom is 0.0727 e. The van der Waals surface area contributed by atoms with Gasteiger partial charge >= 0.3 is 0 Å². The van der Waals surface area contributed by atoms with Crippen molar-refractivity contribution >= 4 is 85.0 Å². The van der Waals surface area contributed by atoms with E-state index in [4.69, 9.17) is 49.3 Å². The van der Waals surface area contributed by atoms with Crippen LogP contribution in [0.25, 0.3) is 21.8 Å². The molecular weight excluding hydrogens is 847 g/mol. The van der Waals surface area contributed by atoms with Crippen LogP contribution in [-0.2, 0) is 46.0 Å². The van der Waals surface area contributed by atoms with Gasteiger partial charge in [-0.25, -0.2) is 0 Å². The summed E-state index contributed by atoms with van der Waals surface area (Å²) in [5.41, 5.74) is 16.8. The third-order valence-electron chi connectivity index (χ3n) is 13.9. The normalized spacial score (nSPS) is 19.1. The second kappa shape index (κ2) is 17.2. The van der Waals surface area contributed by atoms with E-state index in [9.17, 15) is 0 Å². The van der Waals surface area contributed by atoms with E-state index in [1.54, 1.807) is 0 Å². The highest BCUT2D eigenvalue weighted by Gasteiger charge is 2.39. The van der Waals surface area contributed by atoms with Gasteiger partial charge in [0, 0.05) is 105 Å². The summed E-state index contributed by atoms with van der Waals surface area (Å²) >= 11 is 18.8. The lowest BCUT2D eigenvalue weighted by atomic mass is 9.87. The number of aromatic nitrogens is 2. The summed E-state index contributed by atoms with van der Waals surface area (Å²) in [7, 11) is 0. The monoisotopic (exact) mass is 902 g/mol. The van der Waals surface area contributed by atoms with Gasteiger partial charge in [-0.15, -0.1) is 0 Å². The number of pyridine rings is 2. The molecule has 0 atom stereocenters. The molecule has 0 spiro atoms. The number of nitrogens with zero attached hydrogens (tertiary/aromatic N) is 5. The van der Waals surface area contributed by atoms with Gasteiger partial charge in [-0.2, -0.15) is 0 Å². The SMILES string of the molecule is CC1(C)CN(c2c3c(nc4ccc(Cl)cc24)CCC3)c2cc(N3CCOCC3)ccc21.CC1(C)CNc2cc(N3CCOCC3)ccc21.Clc1ccc2nc3c(c(Cl)c2c1)CCC3. The third-order valence-corrected chi connectivity index (χ3v) is 14.8. The minimum Gasteiger partial charge on any atom is -0.384 e. The van der Waals surface area contributed by atoms with Crippen LogP contribution in [0.4, 0.5) is 28.4 Å². The molecule has 4 aliphatic heterocycles. The molecule has 2 fully saturated rings. The first kappa shape index (κ1) is 42.6. The van der Waals surface area contributed by atoms with E-state index in [0.29, 0.717) is 5.02 Å². The maximum atomic E-state index is 6.47. The molecule has 6 aromatic rings. The number of halogens is 3. The Bertz CT molecular complexity index is 2710. The van der Waals surface area contributed by atoms with Gasteiger partial charge < -0.3 is 29.5 Å². The fourth-order valence-electron chi connectivity index (χ4n) is 10.5. The predicted octanol–water partition coefficient (Wildman–Crippen LogP) is 11.9. The van der Waals surface area contributed by atoms with Crippen LogP contribution in [0.15, 0.2) is 72.8 Å². The topological polar surface area (TPSA) is 66.0 Å². The van der Waals surface area contributed by atoms with Crippen molar-refractivity contribution in [2.75, 3.05) is 85.7 Å². The Morgan fingerprint density at radius 1 is 0.587 bits per heavy atom. The van der Waals surface area contributed by atoms with Gasteiger partial charge in [0.25, 0.3) is 0 Å². The molecule has 1 N–H and O–H groups in total. The van der Waals surface area contributed by atoms with Crippen molar-refractivity contribution in [1.82, 2.24) is 9.97 Å². The van der Waals surface area contributed by atoms with Crippen molar-refractivity contribution in [3.05, 3.63) is 122 Å². The smallest absolute Gasteiger partial charge is 0.0727 e. The van der Waals surface area contributed by atoms with Crippen LogP contribution in [0.3, 0.4) is 0 Å². The highest BCUT2D eigenvalue weighted by atomic mass is 35.5. The van der Waals surface area contributed by atoms with Crippen molar-refractivity contribution in [2.24, 2.45) is 0 Å². The minimum atomic E-state index is 0.0819. The molecule has 0 radical (unpaired) electrons. The first-order valence-corrected chi connectivity index (χ1v) is 23.9. The number of nitrogens with one attached hydrogen (secondary N) is 1. The van der Waals surface area contributed by atoms with E-state index in [1.807, 2.05) is 24.3 Å². The first-order valence-electron chi connectivity index (χ1n) is 22.8. The van der Waals surface area contributed by atoms with Crippen LogP contribution in [0, 0.1) is 0 Å². The summed E-state index contributed by atoms with van der Waals surface area (Å²) in [6.45, 7) is 18.5. The van der Waals surface area contributed by atoms with E-state index in [-0.39, 0.29) is 10.8 Å². The maximum absolute atomic E-state index is 6.47. The minimum absolute atomic E-state index is 0.0819. The molecule has 0 unspecified atom stereocenters. The van der Waals surface area contributed by atoms with Crippen LogP contribution in [0.2, 0.25) is 15.1 Å². The fourth-order valence-corrected chi connectivity index (χ4v) is 11.2. The number of hydrogen-bond acceptors (Lipinski definition) is 8. The summed E-state index contributed by atoms with van der Waals surface area (Å²) < 4.78 is 11.0. The molecule has 11 heteroatoms. The summed E-state index contributed by atoms with van der Waals surface area (Å²) in [5.74, 6) is 0.